The molecule has 0 saturated heterocycles. The van der Waals surface area contributed by atoms with Crippen molar-refractivity contribution in [3.63, 3.8) is 0 Å². The average Bonchev–Trinajstić information content (AvgIpc) is 2.28. The molecule has 17 heavy (non-hydrogen) atoms. The number of hydrogen-bond donors (Lipinski definition) is 0. The molecule has 1 rings (SSSR count). The van der Waals surface area contributed by atoms with Gasteiger partial charge in [-0.15, -0.1) is 11.6 Å². The Kier molecular flexibility index (Phi) is 5.65. The summed E-state index contributed by atoms with van der Waals surface area (Å²) >= 11 is 5.54. The van der Waals surface area contributed by atoms with Crippen LogP contribution in [0.2, 0.25) is 0 Å². The fourth-order valence-corrected chi connectivity index (χ4v) is 1.77. The van der Waals surface area contributed by atoms with Gasteiger partial charge in [0.1, 0.15) is 17.3 Å². The predicted molar refractivity (Wildman–Crippen MR) is 65.7 cm³/mol. The highest BCUT2D eigenvalue weighted by Gasteiger charge is 2.14. The third-order valence-corrected chi connectivity index (χ3v) is 2.76. The first-order chi connectivity index (χ1) is 8.10. The lowest BCUT2D eigenvalue weighted by molar-refractivity contribution is 0.196. The summed E-state index contributed by atoms with van der Waals surface area (Å²) in [7, 11) is 3.24. The van der Waals surface area contributed by atoms with E-state index < -0.39 is 11.6 Å². The number of nitrogens with zero attached hydrogens (tertiary/aromatic N) is 1. The molecule has 0 saturated carbocycles. The highest BCUT2D eigenvalue weighted by Crippen LogP contribution is 2.24. The maximum atomic E-state index is 13.7. The van der Waals surface area contributed by atoms with E-state index in [1.165, 1.54) is 12.1 Å². The van der Waals surface area contributed by atoms with Gasteiger partial charge in [-0.1, -0.05) is 0 Å². The molecule has 0 radical (unpaired) electrons. The van der Waals surface area contributed by atoms with Crippen molar-refractivity contribution < 1.29 is 13.5 Å². The molecule has 1 aromatic carbocycles. The third kappa shape index (κ3) is 3.82. The normalized spacial score (nSPS) is 10.6. The van der Waals surface area contributed by atoms with Crippen LogP contribution in [0, 0.1) is 11.6 Å². The Labute approximate surface area is 105 Å². The zero-order valence-electron chi connectivity index (χ0n) is 9.97. The topological polar surface area (TPSA) is 12.5 Å². The summed E-state index contributed by atoms with van der Waals surface area (Å²) in [5.74, 6) is -1.07. The van der Waals surface area contributed by atoms with Gasteiger partial charge < -0.3 is 9.64 Å². The molecule has 0 aliphatic carbocycles. The van der Waals surface area contributed by atoms with Crippen LogP contribution in [0.25, 0.3) is 0 Å². The van der Waals surface area contributed by atoms with E-state index >= 15 is 0 Å². The summed E-state index contributed by atoms with van der Waals surface area (Å²) in [6, 6.07) is 2.52. The fraction of sp³-hybridized carbons (Fsp3) is 0.500. The van der Waals surface area contributed by atoms with Crippen LogP contribution in [0.3, 0.4) is 0 Å². The van der Waals surface area contributed by atoms with Crippen LogP contribution < -0.4 is 4.90 Å². The quantitative estimate of drug-likeness (QED) is 0.577. The van der Waals surface area contributed by atoms with E-state index in [0.29, 0.717) is 25.1 Å². The van der Waals surface area contributed by atoms with Crippen LogP contribution in [-0.4, -0.2) is 27.3 Å². The molecule has 0 fully saturated rings. The first kappa shape index (κ1) is 14.2. The molecule has 0 amide bonds. The predicted octanol–water partition coefficient (Wildman–Crippen LogP) is 3.18. The summed E-state index contributed by atoms with van der Waals surface area (Å²) in [5.41, 5.74) is 0.422. The van der Waals surface area contributed by atoms with Gasteiger partial charge in [-0.2, -0.15) is 0 Å². The van der Waals surface area contributed by atoms with Crippen molar-refractivity contribution in [1.29, 1.82) is 0 Å². The Morgan fingerprint density at radius 1 is 1.29 bits per heavy atom. The third-order valence-electron chi connectivity index (χ3n) is 2.45. The van der Waals surface area contributed by atoms with E-state index in [-0.39, 0.29) is 11.6 Å². The molecule has 0 unspecified atom stereocenters. The van der Waals surface area contributed by atoms with Crippen LogP contribution in [0.5, 0.6) is 0 Å². The lowest BCUT2D eigenvalue weighted by Crippen LogP contribution is -2.22. The first-order valence-corrected chi connectivity index (χ1v) is 5.87. The zero-order chi connectivity index (χ0) is 12.8. The second kappa shape index (κ2) is 6.77. The standard InChI is InChI=1S/C12H16ClF2NO/c1-16(4-3-5-17-2)12-10(14)6-9(8-13)7-11(12)15/h6-7H,3-5,8H2,1-2H3. The highest BCUT2D eigenvalue weighted by molar-refractivity contribution is 6.17. The number of anilines is 1. The summed E-state index contributed by atoms with van der Waals surface area (Å²) in [6.07, 6.45) is 0.711. The van der Waals surface area contributed by atoms with Crippen molar-refractivity contribution in [3.05, 3.63) is 29.3 Å². The van der Waals surface area contributed by atoms with E-state index in [1.54, 1.807) is 19.1 Å². The highest BCUT2D eigenvalue weighted by atomic mass is 35.5. The molecule has 5 heteroatoms. The van der Waals surface area contributed by atoms with Gasteiger partial charge in [0, 0.05) is 33.2 Å². The number of benzene rings is 1. The fourth-order valence-electron chi connectivity index (χ4n) is 1.62. The summed E-state index contributed by atoms with van der Waals surface area (Å²) in [6.45, 7) is 1.09. The monoisotopic (exact) mass is 263 g/mol. The zero-order valence-corrected chi connectivity index (χ0v) is 10.7. The molecule has 0 aliphatic heterocycles. The number of hydrogen-bond acceptors (Lipinski definition) is 2. The summed E-state index contributed by atoms with van der Waals surface area (Å²) < 4.78 is 32.3. The van der Waals surface area contributed by atoms with Crippen molar-refractivity contribution in [2.24, 2.45) is 0 Å². The molecule has 1 aromatic rings. The molecule has 0 aliphatic rings. The second-order valence-electron chi connectivity index (χ2n) is 3.81. The minimum atomic E-state index is -0.583. The molecule has 0 heterocycles. The number of halogens is 3. The maximum absolute atomic E-state index is 13.7. The largest absolute Gasteiger partial charge is 0.385 e. The Balaban J connectivity index is 2.82. The lowest BCUT2D eigenvalue weighted by atomic mass is 10.2. The molecular weight excluding hydrogens is 248 g/mol. The minimum absolute atomic E-state index is 0.0185. The van der Waals surface area contributed by atoms with Crippen molar-refractivity contribution in [1.82, 2.24) is 0 Å². The summed E-state index contributed by atoms with van der Waals surface area (Å²) in [4.78, 5) is 1.54. The van der Waals surface area contributed by atoms with Gasteiger partial charge in [0.25, 0.3) is 0 Å². The molecule has 0 spiro atoms. The van der Waals surface area contributed by atoms with Crippen molar-refractivity contribution in [2.75, 3.05) is 32.2 Å². The molecule has 2 nitrogen and oxygen atoms in total. The second-order valence-corrected chi connectivity index (χ2v) is 4.08. The molecule has 0 N–H and O–H groups in total. The van der Waals surface area contributed by atoms with E-state index in [1.807, 2.05) is 0 Å². The van der Waals surface area contributed by atoms with Crippen molar-refractivity contribution in [2.45, 2.75) is 12.3 Å². The molecule has 0 aromatic heterocycles. The van der Waals surface area contributed by atoms with Crippen molar-refractivity contribution >= 4 is 17.3 Å². The van der Waals surface area contributed by atoms with Gasteiger partial charge >= 0.3 is 0 Å². The van der Waals surface area contributed by atoms with E-state index in [4.69, 9.17) is 16.3 Å². The van der Waals surface area contributed by atoms with Gasteiger partial charge in [-0.3, -0.25) is 0 Å². The number of ether oxygens (including phenoxy) is 1. The Hall–Kier alpha value is -0.870. The smallest absolute Gasteiger partial charge is 0.149 e. The minimum Gasteiger partial charge on any atom is -0.385 e. The Bertz CT molecular complexity index is 351. The van der Waals surface area contributed by atoms with Crippen LogP contribution in [0.1, 0.15) is 12.0 Å². The van der Waals surface area contributed by atoms with Gasteiger partial charge in [0.15, 0.2) is 0 Å². The van der Waals surface area contributed by atoms with Gasteiger partial charge in [-0.05, 0) is 24.1 Å². The van der Waals surface area contributed by atoms with Crippen LogP contribution >= 0.6 is 11.6 Å². The van der Waals surface area contributed by atoms with Crippen LogP contribution in [0.15, 0.2) is 12.1 Å². The molecule has 0 atom stereocenters. The van der Waals surface area contributed by atoms with Crippen LogP contribution in [0.4, 0.5) is 14.5 Å². The number of rotatable bonds is 6. The Morgan fingerprint density at radius 2 is 1.88 bits per heavy atom. The number of alkyl halides is 1. The Morgan fingerprint density at radius 3 is 2.35 bits per heavy atom. The van der Waals surface area contributed by atoms with Crippen LogP contribution in [-0.2, 0) is 10.6 Å². The summed E-state index contributed by atoms with van der Waals surface area (Å²) in [5, 5.41) is 0. The SMILES string of the molecule is COCCCN(C)c1c(F)cc(CCl)cc1F. The van der Waals surface area contributed by atoms with Gasteiger partial charge in [-0.25, -0.2) is 8.78 Å². The maximum Gasteiger partial charge on any atom is 0.149 e. The van der Waals surface area contributed by atoms with Crippen molar-refractivity contribution in [3.8, 4) is 0 Å². The van der Waals surface area contributed by atoms with E-state index in [9.17, 15) is 8.78 Å². The molecule has 0 bridgehead atoms. The number of methoxy groups -OCH3 is 1. The molecule has 96 valence electrons. The lowest BCUT2D eigenvalue weighted by Gasteiger charge is -2.20. The first-order valence-electron chi connectivity index (χ1n) is 5.34. The van der Waals surface area contributed by atoms with Gasteiger partial charge in [0.05, 0.1) is 0 Å². The molecular formula is C12H16ClF2NO. The van der Waals surface area contributed by atoms with Gasteiger partial charge in [0.2, 0.25) is 0 Å². The van der Waals surface area contributed by atoms with E-state index in [2.05, 4.69) is 0 Å². The van der Waals surface area contributed by atoms with E-state index in [0.717, 1.165) is 0 Å². The average molecular weight is 264 g/mol.